The minimum absolute atomic E-state index is 0.0409. The lowest BCUT2D eigenvalue weighted by molar-refractivity contribution is 0.608. The maximum Gasteiger partial charge on any atom is 0.261 e. The molecule has 0 atom stereocenters. The van der Waals surface area contributed by atoms with Gasteiger partial charge in [-0.2, -0.15) is 0 Å². The minimum atomic E-state index is -3.83. The lowest BCUT2D eigenvalue weighted by Crippen LogP contribution is -1.93. The number of benzene rings is 2. The van der Waals surface area contributed by atoms with Gasteiger partial charge in [-0.05, 0) is 35.4 Å². The van der Waals surface area contributed by atoms with Crippen molar-refractivity contribution in [3.63, 3.8) is 0 Å². The van der Waals surface area contributed by atoms with Gasteiger partial charge < -0.3 is 0 Å². The molecule has 0 saturated heterocycles. The summed E-state index contributed by atoms with van der Waals surface area (Å²) < 4.78 is 46.2. The van der Waals surface area contributed by atoms with Gasteiger partial charge in [0.15, 0.2) is 0 Å². The van der Waals surface area contributed by atoms with E-state index in [0.717, 1.165) is 0 Å². The van der Waals surface area contributed by atoms with Crippen molar-refractivity contribution >= 4 is 71.3 Å². The summed E-state index contributed by atoms with van der Waals surface area (Å²) in [5.41, 5.74) is 1.32. The number of hydrogen-bond acceptors (Lipinski definition) is 4. The van der Waals surface area contributed by atoms with Gasteiger partial charge in [-0.3, -0.25) is 0 Å². The zero-order valence-electron chi connectivity index (χ0n) is 10.4. The molecule has 0 aromatic heterocycles. The van der Waals surface area contributed by atoms with Crippen LogP contribution in [0.4, 0.5) is 0 Å². The molecule has 2 aromatic carbocycles. The predicted octanol–water partition coefficient (Wildman–Crippen LogP) is 4.73. The second-order valence-corrected chi connectivity index (χ2v) is 11.0. The molecule has 0 radical (unpaired) electrons. The lowest BCUT2D eigenvalue weighted by atomic mass is 10.1. The molecule has 0 heterocycles. The fraction of sp³-hybridized carbons (Fsp3) is 0. The highest BCUT2D eigenvalue weighted by Crippen LogP contribution is 2.36. The Balaban J connectivity index is 2.59. The van der Waals surface area contributed by atoms with Crippen LogP contribution in [0, 0.1) is 0 Å². The van der Waals surface area contributed by atoms with Gasteiger partial charge in [0.25, 0.3) is 18.1 Å². The van der Waals surface area contributed by atoms with Gasteiger partial charge in [-0.1, -0.05) is 44.0 Å². The van der Waals surface area contributed by atoms with Crippen LogP contribution in [0.1, 0.15) is 0 Å². The van der Waals surface area contributed by atoms with Crippen molar-refractivity contribution in [2.45, 2.75) is 9.79 Å². The zero-order chi connectivity index (χ0) is 16.7. The summed E-state index contributed by atoms with van der Waals surface area (Å²) in [6.45, 7) is 0. The van der Waals surface area contributed by atoms with E-state index in [1.165, 1.54) is 24.3 Å². The Hall–Kier alpha value is -0.120. The molecule has 0 spiro atoms. The van der Waals surface area contributed by atoms with Gasteiger partial charge in [0.1, 0.15) is 0 Å². The van der Waals surface area contributed by atoms with Crippen LogP contribution in [0.25, 0.3) is 11.1 Å². The molecule has 0 saturated carbocycles. The van der Waals surface area contributed by atoms with E-state index in [9.17, 15) is 16.8 Å². The van der Waals surface area contributed by atoms with E-state index in [1.807, 2.05) is 0 Å². The van der Waals surface area contributed by atoms with Crippen LogP contribution >= 0.6 is 53.2 Å². The molecule has 0 bridgehead atoms. The van der Waals surface area contributed by atoms with Crippen LogP contribution < -0.4 is 0 Å². The summed E-state index contributed by atoms with van der Waals surface area (Å²) in [7, 11) is 2.93. The molecular formula is C12H6Br2Cl2O4S2. The van der Waals surface area contributed by atoms with Gasteiger partial charge in [0.2, 0.25) is 0 Å². The Kier molecular flexibility index (Phi) is 5.31. The number of hydrogen-bond donors (Lipinski definition) is 0. The van der Waals surface area contributed by atoms with E-state index in [0.29, 0.717) is 20.1 Å². The van der Waals surface area contributed by atoms with Crippen LogP contribution in [0.2, 0.25) is 0 Å². The predicted molar refractivity (Wildman–Crippen MR) is 93.4 cm³/mol. The van der Waals surface area contributed by atoms with E-state index in [-0.39, 0.29) is 9.79 Å². The van der Waals surface area contributed by atoms with Crippen LogP contribution in [-0.2, 0) is 18.1 Å². The van der Waals surface area contributed by atoms with Crippen molar-refractivity contribution in [3.8, 4) is 11.1 Å². The third-order valence-corrected chi connectivity index (χ3v) is 6.75. The van der Waals surface area contributed by atoms with Gasteiger partial charge in [-0.15, -0.1) is 0 Å². The monoisotopic (exact) mass is 506 g/mol. The van der Waals surface area contributed by atoms with Crippen LogP contribution in [0.5, 0.6) is 0 Å². The summed E-state index contributed by atoms with van der Waals surface area (Å²) in [6.07, 6.45) is 0. The van der Waals surface area contributed by atoms with E-state index in [4.69, 9.17) is 21.4 Å². The molecule has 0 aliphatic heterocycles. The lowest BCUT2D eigenvalue weighted by Gasteiger charge is -2.09. The van der Waals surface area contributed by atoms with Gasteiger partial charge in [-0.25, -0.2) is 16.8 Å². The molecule has 4 nitrogen and oxygen atoms in total. The van der Waals surface area contributed by atoms with Crippen LogP contribution in [0.15, 0.2) is 55.1 Å². The highest BCUT2D eigenvalue weighted by Gasteiger charge is 2.16. The van der Waals surface area contributed by atoms with E-state index >= 15 is 0 Å². The average molecular weight is 509 g/mol. The van der Waals surface area contributed by atoms with E-state index in [2.05, 4.69) is 31.9 Å². The van der Waals surface area contributed by atoms with E-state index < -0.39 is 18.1 Å². The summed E-state index contributed by atoms with van der Waals surface area (Å²) in [6, 6.07) is 8.59. The topological polar surface area (TPSA) is 68.3 Å². The summed E-state index contributed by atoms with van der Waals surface area (Å²) >= 11 is 6.56. The van der Waals surface area contributed by atoms with Crippen molar-refractivity contribution in [2.75, 3.05) is 0 Å². The average Bonchev–Trinajstić information content (AvgIpc) is 2.37. The third-order valence-electron chi connectivity index (χ3n) is 2.73. The molecule has 0 aliphatic rings. The Bertz CT molecular complexity index is 878. The highest BCUT2D eigenvalue weighted by molar-refractivity contribution is 9.11. The molecule has 0 amide bonds. The maximum absolute atomic E-state index is 11.3. The van der Waals surface area contributed by atoms with Gasteiger partial charge in [0, 0.05) is 30.3 Å². The molecule has 118 valence electrons. The largest absolute Gasteiger partial charge is 0.261 e. The molecule has 22 heavy (non-hydrogen) atoms. The van der Waals surface area contributed by atoms with Crippen molar-refractivity contribution in [1.82, 2.24) is 0 Å². The summed E-state index contributed by atoms with van der Waals surface area (Å²) in [5, 5.41) is 0. The fourth-order valence-electron chi connectivity index (χ4n) is 1.73. The second-order valence-electron chi connectivity index (χ2n) is 4.16. The van der Waals surface area contributed by atoms with Crippen LogP contribution in [0.3, 0.4) is 0 Å². The van der Waals surface area contributed by atoms with Gasteiger partial charge >= 0.3 is 0 Å². The molecule has 2 rings (SSSR count). The SMILES string of the molecule is O=S(=O)(Cl)c1ccc(-c2ccc(S(=O)(=O)Cl)cc2Br)c(Br)c1. The Morgan fingerprint density at radius 2 is 1.00 bits per heavy atom. The molecule has 10 heteroatoms. The Morgan fingerprint density at radius 1 is 0.682 bits per heavy atom. The third kappa shape index (κ3) is 4.04. The van der Waals surface area contributed by atoms with Crippen molar-refractivity contribution in [1.29, 1.82) is 0 Å². The van der Waals surface area contributed by atoms with Crippen molar-refractivity contribution in [3.05, 3.63) is 45.3 Å². The smallest absolute Gasteiger partial charge is 0.207 e. The zero-order valence-corrected chi connectivity index (χ0v) is 16.7. The number of halogens is 4. The van der Waals surface area contributed by atoms with Crippen molar-refractivity contribution in [2.24, 2.45) is 0 Å². The van der Waals surface area contributed by atoms with Crippen molar-refractivity contribution < 1.29 is 16.8 Å². The highest BCUT2D eigenvalue weighted by atomic mass is 79.9. The summed E-state index contributed by atoms with van der Waals surface area (Å²) in [4.78, 5) is -0.0817. The standard InChI is InChI=1S/C12H6Br2Cl2O4S2/c13-11-5-7(21(15,17)18)1-3-9(11)10-4-2-8(6-12(10)14)22(16,19)20/h1-6H. The number of rotatable bonds is 3. The fourth-order valence-corrected chi connectivity index (χ4v) is 4.77. The second kappa shape index (κ2) is 6.41. The molecule has 0 aliphatic carbocycles. The van der Waals surface area contributed by atoms with Crippen LogP contribution in [-0.4, -0.2) is 16.8 Å². The summed E-state index contributed by atoms with van der Waals surface area (Å²) in [5.74, 6) is 0. The first-order valence-electron chi connectivity index (χ1n) is 5.49. The normalized spacial score (nSPS) is 12.4. The minimum Gasteiger partial charge on any atom is -0.207 e. The first-order chi connectivity index (χ1) is 10.00. The maximum atomic E-state index is 11.3. The first-order valence-corrected chi connectivity index (χ1v) is 11.7. The first kappa shape index (κ1) is 18.2. The molecule has 0 N–H and O–H groups in total. The van der Waals surface area contributed by atoms with Gasteiger partial charge in [0.05, 0.1) is 9.79 Å². The Labute approximate surface area is 153 Å². The molecule has 0 unspecified atom stereocenters. The molecule has 2 aromatic rings. The van der Waals surface area contributed by atoms with E-state index in [1.54, 1.807) is 12.1 Å². The molecular weight excluding hydrogens is 503 g/mol. The molecule has 0 fully saturated rings. The quantitative estimate of drug-likeness (QED) is 0.562. The Morgan fingerprint density at radius 3 is 1.23 bits per heavy atom.